The third-order valence-electron chi connectivity index (χ3n) is 5.59. The van der Waals surface area contributed by atoms with Gasteiger partial charge in [0, 0.05) is 19.1 Å². The molecular weight excluding hydrogens is 220 g/mol. The molecule has 1 aliphatic carbocycles. The summed E-state index contributed by atoms with van der Waals surface area (Å²) in [6, 6.07) is 0.681. The molecule has 0 aromatic heterocycles. The maximum atomic E-state index is 2.71. The van der Waals surface area contributed by atoms with E-state index < -0.39 is 0 Å². The Labute approximate surface area is 114 Å². The summed E-state index contributed by atoms with van der Waals surface area (Å²) in [6.45, 7) is 11.2. The highest BCUT2D eigenvalue weighted by molar-refractivity contribution is 4.95. The topological polar surface area (TPSA) is 6.48 Å². The van der Waals surface area contributed by atoms with Crippen molar-refractivity contribution in [3.05, 3.63) is 0 Å². The van der Waals surface area contributed by atoms with Crippen molar-refractivity contribution >= 4 is 0 Å². The van der Waals surface area contributed by atoms with E-state index in [4.69, 9.17) is 0 Å². The van der Waals surface area contributed by atoms with Crippen molar-refractivity contribution in [1.82, 2.24) is 9.80 Å². The smallest absolute Gasteiger partial charge is 0.0188 e. The van der Waals surface area contributed by atoms with Gasteiger partial charge in [-0.05, 0) is 70.5 Å². The Balaban J connectivity index is 1.85. The van der Waals surface area contributed by atoms with Crippen LogP contribution in [0, 0.1) is 10.8 Å². The molecule has 1 aliphatic heterocycles. The molecule has 1 saturated heterocycles. The predicted octanol–water partition coefficient (Wildman–Crippen LogP) is 3.23. The first kappa shape index (κ1) is 14.3. The van der Waals surface area contributed by atoms with Crippen LogP contribution >= 0.6 is 0 Å². The Morgan fingerprint density at radius 1 is 1.06 bits per heavy atom. The fraction of sp³-hybridized carbons (Fsp3) is 1.00. The molecule has 0 amide bonds. The molecule has 0 aromatic carbocycles. The van der Waals surface area contributed by atoms with Crippen molar-refractivity contribution in [3.63, 3.8) is 0 Å². The van der Waals surface area contributed by atoms with Gasteiger partial charge in [0.15, 0.2) is 0 Å². The standard InChI is InChI=1S/C16H32N2/c1-14(17(4)5)12-18-11-10-16(13-18)8-6-15(2,3)7-9-16/h14H,6-13H2,1-5H3. The molecule has 2 fully saturated rings. The van der Waals surface area contributed by atoms with Gasteiger partial charge in [-0.1, -0.05) is 13.8 Å². The maximum Gasteiger partial charge on any atom is 0.0188 e. The second kappa shape index (κ2) is 5.13. The molecule has 0 bridgehead atoms. The molecule has 2 heteroatoms. The number of hydrogen-bond acceptors (Lipinski definition) is 2. The van der Waals surface area contributed by atoms with Gasteiger partial charge >= 0.3 is 0 Å². The maximum absolute atomic E-state index is 2.71. The Morgan fingerprint density at radius 3 is 2.22 bits per heavy atom. The first-order valence-corrected chi connectivity index (χ1v) is 7.71. The van der Waals surface area contributed by atoms with Crippen LogP contribution in [-0.4, -0.2) is 49.6 Å². The summed E-state index contributed by atoms with van der Waals surface area (Å²) < 4.78 is 0. The van der Waals surface area contributed by atoms with Gasteiger partial charge in [-0.3, -0.25) is 0 Å². The minimum Gasteiger partial charge on any atom is -0.305 e. The van der Waals surface area contributed by atoms with E-state index in [9.17, 15) is 0 Å². The summed E-state index contributed by atoms with van der Waals surface area (Å²) in [4.78, 5) is 5.05. The summed E-state index contributed by atoms with van der Waals surface area (Å²) in [7, 11) is 4.39. The molecule has 2 rings (SSSR count). The van der Waals surface area contributed by atoms with Crippen LogP contribution < -0.4 is 0 Å². The van der Waals surface area contributed by atoms with Gasteiger partial charge in [-0.2, -0.15) is 0 Å². The minimum atomic E-state index is 0.607. The fourth-order valence-corrected chi connectivity index (χ4v) is 3.59. The van der Waals surface area contributed by atoms with E-state index in [1.807, 2.05) is 0 Å². The van der Waals surface area contributed by atoms with Gasteiger partial charge in [0.2, 0.25) is 0 Å². The lowest BCUT2D eigenvalue weighted by Gasteiger charge is -2.41. The molecule has 1 saturated carbocycles. The van der Waals surface area contributed by atoms with Crippen molar-refractivity contribution in [2.45, 2.75) is 58.9 Å². The SMILES string of the molecule is CC(CN1CCC2(CCC(C)(C)CC2)C1)N(C)C. The molecular formula is C16H32N2. The van der Waals surface area contributed by atoms with E-state index in [1.54, 1.807) is 0 Å². The lowest BCUT2D eigenvalue weighted by atomic mass is 9.65. The lowest BCUT2D eigenvalue weighted by Crippen LogP contribution is -2.39. The molecule has 106 valence electrons. The van der Waals surface area contributed by atoms with Gasteiger partial charge in [0.05, 0.1) is 0 Å². The van der Waals surface area contributed by atoms with Crippen molar-refractivity contribution in [1.29, 1.82) is 0 Å². The Morgan fingerprint density at radius 2 is 1.67 bits per heavy atom. The Bertz CT molecular complexity index is 273. The summed E-state index contributed by atoms with van der Waals surface area (Å²) >= 11 is 0. The summed E-state index contributed by atoms with van der Waals surface area (Å²) in [5.74, 6) is 0. The summed E-state index contributed by atoms with van der Waals surface area (Å²) in [6.07, 6.45) is 7.25. The van der Waals surface area contributed by atoms with E-state index in [1.165, 1.54) is 51.7 Å². The van der Waals surface area contributed by atoms with Crippen LogP contribution in [0.4, 0.5) is 0 Å². The number of likely N-dealkylation sites (N-methyl/N-ethyl adjacent to an activating group) is 1. The zero-order valence-electron chi connectivity index (χ0n) is 13.1. The van der Waals surface area contributed by atoms with Gasteiger partial charge in [0.1, 0.15) is 0 Å². The normalized spacial score (nSPS) is 29.0. The first-order valence-electron chi connectivity index (χ1n) is 7.71. The highest BCUT2D eigenvalue weighted by Crippen LogP contribution is 2.49. The predicted molar refractivity (Wildman–Crippen MR) is 78.9 cm³/mol. The molecule has 2 nitrogen and oxygen atoms in total. The number of hydrogen-bond donors (Lipinski definition) is 0. The first-order chi connectivity index (χ1) is 8.32. The van der Waals surface area contributed by atoms with E-state index in [-0.39, 0.29) is 0 Å². The van der Waals surface area contributed by atoms with Gasteiger partial charge in [0.25, 0.3) is 0 Å². The third kappa shape index (κ3) is 3.27. The zero-order valence-corrected chi connectivity index (χ0v) is 13.1. The monoisotopic (exact) mass is 252 g/mol. The molecule has 0 aromatic rings. The van der Waals surface area contributed by atoms with Crippen LogP contribution in [0.3, 0.4) is 0 Å². The third-order valence-corrected chi connectivity index (χ3v) is 5.59. The van der Waals surface area contributed by atoms with Crippen LogP contribution in [0.2, 0.25) is 0 Å². The van der Waals surface area contributed by atoms with Crippen LogP contribution in [-0.2, 0) is 0 Å². The molecule has 1 spiro atoms. The largest absolute Gasteiger partial charge is 0.305 e. The van der Waals surface area contributed by atoms with E-state index >= 15 is 0 Å². The molecule has 2 aliphatic rings. The van der Waals surface area contributed by atoms with Gasteiger partial charge < -0.3 is 9.80 Å². The number of likely N-dealkylation sites (tertiary alicyclic amines) is 1. The van der Waals surface area contributed by atoms with Crippen molar-refractivity contribution in [2.24, 2.45) is 10.8 Å². The number of nitrogens with zero attached hydrogens (tertiary/aromatic N) is 2. The molecule has 0 N–H and O–H groups in total. The zero-order chi connectivity index (χ0) is 13.4. The van der Waals surface area contributed by atoms with Crippen LogP contribution in [0.1, 0.15) is 52.9 Å². The fourth-order valence-electron chi connectivity index (χ4n) is 3.59. The lowest BCUT2D eigenvalue weighted by molar-refractivity contribution is 0.102. The highest BCUT2D eigenvalue weighted by Gasteiger charge is 2.42. The molecule has 18 heavy (non-hydrogen) atoms. The van der Waals surface area contributed by atoms with Crippen molar-refractivity contribution in [3.8, 4) is 0 Å². The average Bonchev–Trinajstić information content (AvgIpc) is 2.67. The van der Waals surface area contributed by atoms with E-state index in [2.05, 4.69) is 44.7 Å². The second-order valence-corrected chi connectivity index (χ2v) is 7.96. The quantitative estimate of drug-likeness (QED) is 0.761. The van der Waals surface area contributed by atoms with Crippen LogP contribution in [0.5, 0.6) is 0 Å². The van der Waals surface area contributed by atoms with E-state index in [0.717, 1.165) is 0 Å². The Hall–Kier alpha value is -0.0800. The molecule has 1 unspecified atom stereocenters. The minimum absolute atomic E-state index is 0.607. The van der Waals surface area contributed by atoms with E-state index in [0.29, 0.717) is 16.9 Å². The molecule has 0 radical (unpaired) electrons. The van der Waals surface area contributed by atoms with Crippen LogP contribution in [0.15, 0.2) is 0 Å². The van der Waals surface area contributed by atoms with Crippen molar-refractivity contribution < 1.29 is 0 Å². The van der Waals surface area contributed by atoms with Gasteiger partial charge in [-0.15, -0.1) is 0 Å². The van der Waals surface area contributed by atoms with Crippen molar-refractivity contribution in [2.75, 3.05) is 33.7 Å². The summed E-state index contributed by atoms with van der Waals surface area (Å²) in [5, 5.41) is 0. The average molecular weight is 252 g/mol. The number of rotatable bonds is 3. The summed E-state index contributed by atoms with van der Waals surface area (Å²) in [5.41, 5.74) is 1.29. The second-order valence-electron chi connectivity index (χ2n) is 7.96. The van der Waals surface area contributed by atoms with Crippen LogP contribution in [0.25, 0.3) is 0 Å². The van der Waals surface area contributed by atoms with Gasteiger partial charge in [-0.25, -0.2) is 0 Å². The highest BCUT2D eigenvalue weighted by atomic mass is 15.2. The molecule has 1 heterocycles. The molecule has 1 atom stereocenters. The Kier molecular flexibility index (Phi) is 4.08.